The minimum absolute atomic E-state index is 0.187. The van der Waals surface area contributed by atoms with Gasteiger partial charge in [-0.1, -0.05) is 44.2 Å². The molecule has 2 aromatic carbocycles. The van der Waals surface area contributed by atoms with Gasteiger partial charge >= 0.3 is 0 Å². The molecule has 1 N–H and O–H groups in total. The molecule has 1 unspecified atom stereocenters. The molecule has 0 aliphatic carbocycles. The molecule has 0 radical (unpaired) electrons. The third-order valence-electron chi connectivity index (χ3n) is 3.00. The molecular formula is C17H19F2NO. The minimum atomic E-state index is -0.645. The Morgan fingerprint density at radius 1 is 1.00 bits per heavy atom. The summed E-state index contributed by atoms with van der Waals surface area (Å²) in [6.45, 7) is 4.62. The summed E-state index contributed by atoms with van der Waals surface area (Å²) in [6.07, 6.45) is -0.310. The maximum Gasteiger partial charge on any atom is 0.136 e. The summed E-state index contributed by atoms with van der Waals surface area (Å²) >= 11 is 0. The maximum atomic E-state index is 13.3. The van der Waals surface area contributed by atoms with Gasteiger partial charge in [0.2, 0.25) is 0 Å². The number of rotatable bonds is 6. The van der Waals surface area contributed by atoms with Crippen LogP contribution in [0.2, 0.25) is 0 Å². The van der Waals surface area contributed by atoms with Gasteiger partial charge in [0.1, 0.15) is 23.5 Å². The van der Waals surface area contributed by atoms with E-state index in [9.17, 15) is 8.78 Å². The first kappa shape index (κ1) is 15.4. The topological polar surface area (TPSA) is 21.3 Å². The summed E-state index contributed by atoms with van der Waals surface area (Å²) in [5.74, 6) is -1.10. The Morgan fingerprint density at radius 2 is 1.62 bits per heavy atom. The number of benzene rings is 2. The van der Waals surface area contributed by atoms with Gasteiger partial charge < -0.3 is 10.1 Å². The van der Waals surface area contributed by atoms with Gasteiger partial charge in [-0.3, -0.25) is 0 Å². The second-order valence-corrected chi connectivity index (χ2v) is 5.19. The summed E-state index contributed by atoms with van der Waals surface area (Å²) in [4.78, 5) is 0. The number of hydrogen-bond acceptors (Lipinski definition) is 2. The van der Waals surface area contributed by atoms with Crippen LogP contribution in [0.25, 0.3) is 0 Å². The van der Waals surface area contributed by atoms with Gasteiger partial charge in [-0.15, -0.1) is 0 Å². The molecule has 0 aromatic heterocycles. The molecule has 2 aromatic rings. The van der Waals surface area contributed by atoms with Crippen LogP contribution in [-0.4, -0.2) is 12.6 Å². The van der Waals surface area contributed by atoms with Crippen LogP contribution >= 0.6 is 0 Å². The fourth-order valence-corrected chi connectivity index (χ4v) is 2.00. The Labute approximate surface area is 123 Å². The molecule has 0 aliphatic rings. The van der Waals surface area contributed by atoms with Crippen molar-refractivity contribution >= 4 is 0 Å². The first-order valence-corrected chi connectivity index (χ1v) is 6.95. The molecule has 0 saturated carbocycles. The Kier molecular flexibility index (Phi) is 5.28. The van der Waals surface area contributed by atoms with E-state index in [1.165, 1.54) is 12.1 Å². The second-order valence-electron chi connectivity index (χ2n) is 5.19. The van der Waals surface area contributed by atoms with Gasteiger partial charge in [-0.2, -0.15) is 0 Å². The summed E-state index contributed by atoms with van der Waals surface area (Å²) < 4.78 is 32.3. The lowest BCUT2D eigenvalue weighted by Crippen LogP contribution is -2.30. The highest BCUT2D eigenvalue weighted by molar-refractivity contribution is 5.26. The lowest BCUT2D eigenvalue weighted by atomic mass is 10.1. The van der Waals surface area contributed by atoms with Gasteiger partial charge in [0, 0.05) is 30.8 Å². The molecule has 0 amide bonds. The quantitative estimate of drug-likeness (QED) is 0.865. The molecule has 0 fully saturated rings. The van der Waals surface area contributed by atoms with Crippen LogP contribution < -0.4 is 10.1 Å². The van der Waals surface area contributed by atoms with Crippen molar-refractivity contribution in [2.24, 2.45) is 0 Å². The van der Waals surface area contributed by atoms with Crippen LogP contribution in [0.1, 0.15) is 25.5 Å². The average molecular weight is 291 g/mol. The molecule has 0 aliphatic heterocycles. The van der Waals surface area contributed by atoms with Gasteiger partial charge in [0.15, 0.2) is 0 Å². The number of nitrogens with one attached hydrogen (secondary N) is 1. The molecule has 0 saturated heterocycles. The molecule has 4 heteroatoms. The van der Waals surface area contributed by atoms with Gasteiger partial charge in [0.25, 0.3) is 0 Å². The first-order valence-electron chi connectivity index (χ1n) is 6.95. The Balaban J connectivity index is 2.19. The van der Waals surface area contributed by atoms with E-state index in [1.807, 2.05) is 44.2 Å². The predicted octanol–water partition coefficient (Wildman–Crippen LogP) is 4.08. The zero-order chi connectivity index (χ0) is 15.2. The Hall–Kier alpha value is -1.94. The average Bonchev–Trinajstić information content (AvgIpc) is 2.43. The highest BCUT2D eigenvalue weighted by Gasteiger charge is 2.14. The summed E-state index contributed by atoms with van der Waals surface area (Å²) in [7, 11) is 0. The van der Waals surface area contributed by atoms with Crippen LogP contribution in [0, 0.1) is 11.6 Å². The molecule has 0 heterocycles. The van der Waals surface area contributed by atoms with Crippen molar-refractivity contribution in [2.75, 3.05) is 6.54 Å². The zero-order valence-electron chi connectivity index (χ0n) is 12.1. The van der Waals surface area contributed by atoms with Crippen LogP contribution in [0.3, 0.4) is 0 Å². The first-order chi connectivity index (χ1) is 10.0. The predicted molar refractivity (Wildman–Crippen MR) is 79.3 cm³/mol. The third-order valence-corrected chi connectivity index (χ3v) is 3.00. The van der Waals surface area contributed by atoms with Crippen LogP contribution in [-0.2, 0) is 0 Å². The Bertz CT molecular complexity index is 552. The third kappa shape index (κ3) is 4.83. The highest BCUT2D eigenvalue weighted by atomic mass is 19.1. The lowest BCUT2D eigenvalue weighted by Gasteiger charge is -2.21. The second kappa shape index (κ2) is 7.18. The molecular weight excluding hydrogens is 272 g/mol. The summed E-state index contributed by atoms with van der Waals surface area (Å²) in [5.41, 5.74) is 0.954. The molecule has 1 atom stereocenters. The number of halogens is 2. The molecule has 0 bridgehead atoms. The van der Waals surface area contributed by atoms with Gasteiger partial charge in [-0.25, -0.2) is 8.78 Å². The smallest absolute Gasteiger partial charge is 0.136 e. The highest BCUT2D eigenvalue weighted by Crippen LogP contribution is 2.23. The van der Waals surface area contributed by atoms with E-state index in [0.717, 1.165) is 11.6 Å². The van der Waals surface area contributed by atoms with Crippen LogP contribution in [0.5, 0.6) is 5.75 Å². The van der Waals surface area contributed by atoms with Crippen molar-refractivity contribution in [1.82, 2.24) is 5.32 Å². The fourth-order valence-electron chi connectivity index (χ4n) is 2.00. The van der Waals surface area contributed by atoms with Crippen molar-refractivity contribution in [3.8, 4) is 5.75 Å². The largest absolute Gasteiger partial charge is 0.484 e. The van der Waals surface area contributed by atoms with E-state index < -0.39 is 11.6 Å². The van der Waals surface area contributed by atoms with E-state index in [0.29, 0.717) is 12.6 Å². The van der Waals surface area contributed by atoms with Crippen molar-refractivity contribution in [1.29, 1.82) is 0 Å². The van der Waals surface area contributed by atoms with E-state index >= 15 is 0 Å². The van der Waals surface area contributed by atoms with E-state index in [2.05, 4.69) is 5.32 Å². The molecule has 2 rings (SSSR count). The fraction of sp³-hybridized carbons (Fsp3) is 0.294. The normalized spacial score (nSPS) is 12.4. The van der Waals surface area contributed by atoms with Crippen LogP contribution in [0.15, 0.2) is 48.5 Å². The number of hydrogen-bond donors (Lipinski definition) is 1. The van der Waals surface area contributed by atoms with E-state index in [-0.39, 0.29) is 11.9 Å². The van der Waals surface area contributed by atoms with Gasteiger partial charge in [0.05, 0.1) is 0 Å². The molecule has 112 valence electrons. The Morgan fingerprint density at radius 3 is 2.19 bits per heavy atom. The molecule has 0 spiro atoms. The minimum Gasteiger partial charge on any atom is -0.484 e. The monoisotopic (exact) mass is 291 g/mol. The molecule has 21 heavy (non-hydrogen) atoms. The summed E-state index contributed by atoms with van der Waals surface area (Å²) in [5, 5.41) is 3.28. The number of ether oxygens (including phenoxy) is 1. The van der Waals surface area contributed by atoms with Crippen LogP contribution in [0.4, 0.5) is 8.78 Å². The standard InChI is InChI=1S/C17H19F2NO/c1-12(2)20-11-17(13-6-4-3-5-7-13)21-16-9-14(18)8-15(19)10-16/h3-10,12,17,20H,11H2,1-2H3. The van der Waals surface area contributed by atoms with Crippen molar-refractivity contribution < 1.29 is 13.5 Å². The maximum absolute atomic E-state index is 13.3. The zero-order valence-corrected chi connectivity index (χ0v) is 12.1. The molecule has 2 nitrogen and oxygen atoms in total. The van der Waals surface area contributed by atoms with Crippen molar-refractivity contribution in [3.63, 3.8) is 0 Å². The van der Waals surface area contributed by atoms with Crippen molar-refractivity contribution in [3.05, 3.63) is 65.7 Å². The van der Waals surface area contributed by atoms with Gasteiger partial charge in [-0.05, 0) is 5.56 Å². The SMILES string of the molecule is CC(C)NCC(Oc1cc(F)cc(F)c1)c1ccccc1. The van der Waals surface area contributed by atoms with Crippen molar-refractivity contribution in [2.45, 2.75) is 26.0 Å². The lowest BCUT2D eigenvalue weighted by molar-refractivity contribution is 0.196. The summed E-state index contributed by atoms with van der Waals surface area (Å²) in [6, 6.07) is 13.1. The van der Waals surface area contributed by atoms with E-state index in [1.54, 1.807) is 0 Å². The van der Waals surface area contributed by atoms with E-state index in [4.69, 9.17) is 4.74 Å².